The van der Waals surface area contributed by atoms with Crippen LogP contribution in [0.4, 0.5) is 5.69 Å². The van der Waals surface area contributed by atoms with Gasteiger partial charge in [0, 0.05) is 27.2 Å². The molecule has 0 aliphatic heterocycles. The quantitative estimate of drug-likeness (QED) is 0.464. The summed E-state index contributed by atoms with van der Waals surface area (Å²) < 4.78 is 6.63. The maximum Gasteiger partial charge on any atom is 0.328 e. The molecule has 0 saturated heterocycles. The fourth-order valence-corrected chi connectivity index (χ4v) is 3.57. The Morgan fingerprint density at radius 2 is 1.75 bits per heavy atom. The molecule has 0 aliphatic rings. The smallest absolute Gasteiger partial charge is 0.328 e. The normalized spacial score (nSPS) is 11.7. The van der Waals surface area contributed by atoms with Crippen molar-refractivity contribution in [1.82, 2.24) is 9.99 Å². The molecule has 1 aromatic heterocycles. The molecule has 3 N–H and O–H groups in total. The summed E-state index contributed by atoms with van der Waals surface area (Å²) in [7, 11) is 1.47. The molecule has 10 heteroatoms. The maximum absolute atomic E-state index is 13.1. The van der Waals surface area contributed by atoms with E-state index in [0.717, 1.165) is 0 Å². The monoisotopic (exact) mass is 476 g/mol. The molecule has 168 valence electrons. The molecule has 1 atom stereocenters. The van der Waals surface area contributed by atoms with E-state index in [2.05, 4.69) is 16.1 Å². The Balaban J connectivity index is 2.01. The number of aromatic nitrogens is 1. The molecule has 3 rings (SSSR count). The number of ether oxygens (including phenoxy) is 1. The van der Waals surface area contributed by atoms with Gasteiger partial charge in [0.1, 0.15) is 17.0 Å². The number of amides is 3. The number of para-hydroxylation sites is 1. The van der Waals surface area contributed by atoms with Crippen molar-refractivity contribution in [3.63, 3.8) is 0 Å². The number of rotatable bonds is 6. The van der Waals surface area contributed by atoms with Crippen LogP contribution >= 0.6 is 23.2 Å². The van der Waals surface area contributed by atoms with Crippen LogP contribution in [0.2, 0.25) is 10.0 Å². The highest BCUT2D eigenvalue weighted by molar-refractivity contribution is 6.38. The summed E-state index contributed by atoms with van der Waals surface area (Å²) in [5, 5.41) is 6.63. The van der Waals surface area contributed by atoms with Gasteiger partial charge in [-0.15, -0.1) is 0 Å². The van der Waals surface area contributed by atoms with Gasteiger partial charge in [-0.1, -0.05) is 42.3 Å². The fraction of sp³-hybridized carbons (Fsp3) is 0.227. The third kappa shape index (κ3) is 5.15. The van der Waals surface area contributed by atoms with Crippen molar-refractivity contribution in [2.24, 2.45) is 0 Å². The second-order valence-corrected chi connectivity index (χ2v) is 7.97. The van der Waals surface area contributed by atoms with Crippen molar-refractivity contribution in [1.29, 1.82) is 0 Å². The SMILES string of the molecule is CC[C@@H](C)NC(=O)C(=O)Nn1c(C(=O)Nc2cc(Cl)cc(Cl)c2)cc2cccc(OC)c21. The largest absolute Gasteiger partial charge is 0.494 e. The molecule has 8 nitrogen and oxygen atoms in total. The summed E-state index contributed by atoms with van der Waals surface area (Å²) in [6.45, 7) is 3.67. The second-order valence-electron chi connectivity index (χ2n) is 7.10. The molecular weight excluding hydrogens is 455 g/mol. The first-order chi connectivity index (χ1) is 15.2. The average Bonchev–Trinajstić information content (AvgIpc) is 3.11. The molecule has 0 bridgehead atoms. The Labute approximate surface area is 194 Å². The van der Waals surface area contributed by atoms with Gasteiger partial charge in [-0.25, -0.2) is 4.68 Å². The van der Waals surface area contributed by atoms with Gasteiger partial charge in [0.15, 0.2) is 0 Å². The summed E-state index contributed by atoms with van der Waals surface area (Å²) in [5.74, 6) is -1.88. The first-order valence-electron chi connectivity index (χ1n) is 9.81. The fourth-order valence-electron chi connectivity index (χ4n) is 3.04. The minimum absolute atomic E-state index is 0.0743. The van der Waals surface area contributed by atoms with Crippen molar-refractivity contribution in [2.75, 3.05) is 17.9 Å². The van der Waals surface area contributed by atoms with Crippen LogP contribution < -0.4 is 20.8 Å². The molecule has 0 spiro atoms. The highest BCUT2D eigenvalue weighted by Gasteiger charge is 2.23. The third-order valence-corrected chi connectivity index (χ3v) is 5.21. The van der Waals surface area contributed by atoms with Crippen LogP contribution in [0, 0.1) is 0 Å². The number of carbonyl (C=O) groups excluding carboxylic acids is 3. The predicted octanol–water partition coefficient (Wildman–Crippen LogP) is 4.19. The van der Waals surface area contributed by atoms with E-state index < -0.39 is 17.7 Å². The molecule has 32 heavy (non-hydrogen) atoms. The lowest BCUT2D eigenvalue weighted by Crippen LogP contribution is -2.43. The number of fused-ring (bicyclic) bond motifs is 1. The van der Waals surface area contributed by atoms with E-state index in [1.165, 1.54) is 30.0 Å². The molecule has 1 heterocycles. The number of hydrogen-bond donors (Lipinski definition) is 3. The van der Waals surface area contributed by atoms with Gasteiger partial charge in [0.05, 0.1) is 7.11 Å². The molecule has 0 unspecified atom stereocenters. The van der Waals surface area contributed by atoms with Gasteiger partial charge in [-0.05, 0) is 43.7 Å². The molecule has 2 aromatic carbocycles. The summed E-state index contributed by atoms with van der Waals surface area (Å²) >= 11 is 12.0. The van der Waals surface area contributed by atoms with Crippen molar-refractivity contribution < 1.29 is 19.1 Å². The van der Waals surface area contributed by atoms with Gasteiger partial charge in [-0.3, -0.25) is 19.8 Å². The van der Waals surface area contributed by atoms with Crippen molar-refractivity contribution in [2.45, 2.75) is 26.3 Å². The van der Waals surface area contributed by atoms with Gasteiger partial charge in [0.25, 0.3) is 5.91 Å². The topological polar surface area (TPSA) is 101 Å². The molecule has 0 radical (unpaired) electrons. The number of hydrogen-bond acceptors (Lipinski definition) is 4. The number of halogens is 2. The minimum atomic E-state index is -0.923. The highest BCUT2D eigenvalue weighted by atomic mass is 35.5. The number of methoxy groups -OCH3 is 1. The van der Waals surface area contributed by atoms with E-state index in [4.69, 9.17) is 27.9 Å². The van der Waals surface area contributed by atoms with Crippen LogP contribution in [0.3, 0.4) is 0 Å². The van der Waals surface area contributed by atoms with E-state index in [0.29, 0.717) is 38.8 Å². The number of anilines is 1. The molecule has 0 aliphatic carbocycles. The molecule has 0 fully saturated rings. The second kappa shape index (κ2) is 9.93. The highest BCUT2D eigenvalue weighted by Crippen LogP contribution is 2.29. The van der Waals surface area contributed by atoms with E-state index in [9.17, 15) is 14.4 Å². The number of nitrogens with one attached hydrogen (secondary N) is 3. The van der Waals surface area contributed by atoms with Gasteiger partial charge in [0.2, 0.25) is 0 Å². The Morgan fingerprint density at radius 1 is 1.06 bits per heavy atom. The van der Waals surface area contributed by atoms with E-state index in [1.807, 2.05) is 6.92 Å². The lowest BCUT2D eigenvalue weighted by atomic mass is 10.2. The first-order valence-corrected chi connectivity index (χ1v) is 10.6. The average molecular weight is 477 g/mol. The van der Waals surface area contributed by atoms with E-state index in [-0.39, 0.29) is 11.7 Å². The number of benzene rings is 2. The van der Waals surface area contributed by atoms with E-state index >= 15 is 0 Å². The third-order valence-electron chi connectivity index (χ3n) is 4.77. The molecule has 3 aromatic rings. The zero-order chi connectivity index (χ0) is 23.4. The van der Waals surface area contributed by atoms with Crippen LogP contribution in [-0.4, -0.2) is 35.5 Å². The van der Waals surface area contributed by atoms with Crippen LogP contribution in [0.1, 0.15) is 30.8 Å². The lowest BCUT2D eigenvalue weighted by Gasteiger charge is -2.15. The summed E-state index contributed by atoms with van der Waals surface area (Å²) in [6, 6.07) is 11.2. The van der Waals surface area contributed by atoms with Crippen LogP contribution in [-0.2, 0) is 9.59 Å². The van der Waals surface area contributed by atoms with Crippen LogP contribution in [0.15, 0.2) is 42.5 Å². The zero-order valence-corrected chi connectivity index (χ0v) is 19.2. The summed E-state index contributed by atoms with van der Waals surface area (Å²) in [5.41, 5.74) is 3.37. The van der Waals surface area contributed by atoms with Crippen molar-refractivity contribution in [3.05, 3.63) is 58.2 Å². The number of nitrogens with zero attached hydrogens (tertiary/aromatic N) is 1. The van der Waals surface area contributed by atoms with Crippen molar-refractivity contribution in [3.8, 4) is 5.75 Å². The molecule has 0 saturated carbocycles. The Hall–Kier alpha value is -3.23. The lowest BCUT2D eigenvalue weighted by molar-refractivity contribution is -0.137. The van der Waals surface area contributed by atoms with Gasteiger partial charge < -0.3 is 15.4 Å². The Kier molecular flexibility index (Phi) is 7.27. The van der Waals surface area contributed by atoms with Gasteiger partial charge in [-0.2, -0.15) is 0 Å². The number of carbonyl (C=O) groups is 3. The zero-order valence-electron chi connectivity index (χ0n) is 17.7. The van der Waals surface area contributed by atoms with Crippen molar-refractivity contribution >= 4 is 57.5 Å². The maximum atomic E-state index is 13.1. The predicted molar refractivity (Wildman–Crippen MR) is 125 cm³/mol. The molecular formula is C22H22Cl2N4O4. The van der Waals surface area contributed by atoms with Gasteiger partial charge >= 0.3 is 11.8 Å². The molecule has 3 amide bonds. The minimum Gasteiger partial charge on any atom is -0.494 e. The summed E-state index contributed by atoms with van der Waals surface area (Å²) in [6.07, 6.45) is 0.662. The van der Waals surface area contributed by atoms with Crippen LogP contribution in [0.5, 0.6) is 5.75 Å². The Bertz CT molecular complexity index is 1170. The standard InChI is InChI=1S/C22H22Cl2N4O4/c1-4-12(2)25-21(30)22(31)27-28-17(8-13-6-5-7-18(32-3)19(13)28)20(29)26-16-10-14(23)9-15(24)11-16/h5-12H,4H2,1-3H3,(H,25,30)(H,26,29)(H,27,31)/t12-/m1/s1. The summed E-state index contributed by atoms with van der Waals surface area (Å²) in [4.78, 5) is 37.9. The first kappa shape index (κ1) is 23.4. The van der Waals surface area contributed by atoms with E-state index in [1.54, 1.807) is 31.2 Å². The van der Waals surface area contributed by atoms with Crippen LogP contribution in [0.25, 0.3) is 10.9 Å². The Morgan fingerprint density at radius 3 is 2.38 bits per heavy atom.